The molecule has 0 heterocycles. The van der Waals surface area contributed by atoms with Gasteiger partial charge in [-0.05, 0) is 30.6 Å². The highest BCUT2D eigenvalue weighted by Gasteiger charge is 2.36. The first-order valence-corrected chi connectivity index (χ1v) is 5.45. The molecule has 0 aromatic heterocycles. The number of hydrogen-bond acceptors (Lipinski definition) is 1. The lowest BCUT2D eigenvalue weighted by Crippen LogP contribution is -2.34. The van der Waals surface area contributed by atoms with Crippen LogP contribution >= 0.6 is 0 Å². The summed E-state index contributed by atoms with van der Waals surface area (Å²) in [5.41, 5.74) is 0. The van der Waals surface area contributed by atoms with E-state index in [-0.39, 0.29) is 0 Å². The third kappa shape index (κ3) is 1.56. The van der Waals surface area contributed by atoms with Crippen molar-refractivity contribution in [1.29, 1.82) is 0 Å². The largest absolute Gasteiger partial charge is 0.303 e. The molecule has 0 spiro atoms. The SMILES string of the molecule is C[C@H]1CCC[C@@H]2C=CC[C@@H](C=O)[C@H]12. The first kappa shape index (κ1) is 8.98. The van der Waals surface area contributed by atoms with Crippen LogP contribution < -0.4 is 0 Å². The number of carbonyl (C=O) groups is 1. The molecule has 2 aliphatic carbocycles. The molecule has 1 saturated carbocycles. The van der Waals surface area contributed by atoms with Crippen molar-refractivity contribution in [1.82, 2.24) is 0 Å². The first-order chi connectivity index (χ1) is 6.33. The van der Waals surface area contributed by atoms with E-state index >= 15 is 0 Å². The van der Waals surface area contributed by atoms with Gasteiger partial charge >= 0.3 is 0 Å². The van der Waals surface area contributed by atoms with Gasteiger partial charge in [0.1, 0.15) is 6.29 Å². The Hall–Kier alpha value is -0.590. The predicted molar refractivity (Wildman–Crippen MR) is 53.3 cm³/mol. The third-order valence-electron chi connectivity index (χ3n) is 3.81. The van der Waals surface area contributed by atoms with E-state index in [0.29, 0.717) is 17.8 Å². The molecule has 0 unspecified atom stereocenters. The summed E-state index contributed by atoms with van der Waals surface area (Å²) in [6, 6.07) is 0. The quantitative estimate of drug-likeness (QED) is 0.446. The molecular formula is C12H18O. The second kappa shape index (κ2) is 3.65. The molecule has 0 aromatic rings. The van der Waals surface area contributed by atoms with Crippen molar-refractivity contribution < 1.29 is 4.79 Å². The van der Waals surface area contributed by atoms with E-state index in [1.54, 1.807) is 0 Å². The summed E-state index contributed by atoms with van der Waals surface area (Å²) in [5, 5.41) is 0. The van der Waals surface area contributed by atoms with Crippen molar-refractivity contribution in [2.45, 2.75) is 32.6 Å². The van der Waals surface area contributed by atoms with Crippen LogP contribution in [0.1, 0.15) is 32.6 Å². The Labute approximate surface area is 80.2 Å². The summed E-state index contributed by atoms with van der Waals surface area (Å²) >= 11 is 0. The molecule has 4 atom stereocenters. The highest BCUT2D eigenvalue weighted by Crippen LogP contribution is 2.43. The molecule has 0 amide bonds. The smallest absolute Gasteiger partial charge is 0.123 e. The zero-order valence-electron chi connectivity index (χ0n) is 8.28. The number of hydrogen-bond donors (Lipinski definition) is 0. The van der Waals surface area contributed by atoms with Crippen molar-refractivity contribution in [2.24, 2.45) is 23.7 Å². The van der Waals surface area contributed by atoms with Crippen LogP contribution in [-0.2, 0) is 4.79 Å². The molecule has 72 valence electrons. The lowest BCUT2D eigenvalue weighted by atomic mass is 9.64. The summed E-state index contributed by atoms with van der Waals surface area (Å²) in [5.74, 6) is 2.41. The van der Waals surface area contributed by atoms with E-state index in [0.717, 1.165) is 12.3 Å². The molecule has 1 nitrogen and oxygen atoms in total. The lowest BCUT2D eigenvalue weighted by molar-refractivity contribution is -0.114. The summed E-state index contributed by atoms with van der Waals surface area (Å²) in [6.07, 6.45) is 10.7. The molecule has 0 saturated heterocycles. The molecule has 0 aromatic carbocycles. The van der Waals surface area contributed by atoms with Crippen LogP contribution in [0.3, 0.4) is 0 Å². The summed E-state index contributed by atoms with van der Waals surface area (Å²) < 4.78 is 0. The Kier molecular flexibility index (Phi) is 2.52. The fraction of sp³-hybridized carbons (Fsp3) is 0.750. The average molecular weight is 178 g/mol. The monoisotopic (exact) mass is 178 g/mol. The van der Waals surface area contributed by atoms with Gasteiger partial charge in [-0.3, -0.25) is 0 Å². The van der Waals surface area contributed by atoms with Crippen molar-refractivity contribution >= 4 is 6.29 Å². The summed E-state index contributed by atoms with van der Waals surface area (Å²) in [7, 11) is 0. The van der Waals surface area contributed by atoms with Gasteiger partial charge < -0.3 is 4.79 Å². The number of aldehydes is 1. The van der Waals surface area contributed by atoms with E-state index in [2.05, 4.69) is 19.1 Å². The van der Waals surface area contributed by atoms with Gasteiger partial charge in [0.25, 0.3) is 0 Å². The second-order valence-corrected chi connectivity index (χ2v) is 4.61. The minimum atomic E-state index is 0.310. The Morgan fingerprint density at radius 1 is 1.38 bits per heavy atom. The molecule has 1 heteroatoms. The van der Waals surface area contributed by atoms with E-state index in [1.165, 1.54) is 25.5 Å². The number of fused-ring (bicyclic) bond motifs is 1. The van der Waals surface area contributed by atoms with Crippen LogP contribution in [0.5, 0.6) is 0 Å². The molecule has 1 fully saturated rings. The van der Waals surface area contributed by atoms with Crippen molar-refractivity contribution in [3.8, 4) is 0 Å². The fourth-order valence-electron chi connectivity index (χ4n) is 3.16. The van der Waals surface area contributed by atoms with Gasteiger partial charge in [-0.2, -0.15) is 0 Å². The summed E-state index contributed by atoms with van der Waals surface area (Å²) in [6.45, 7) is 2.31. The lowest BCUT2D eigenvalue weighted by Gasteiger charge is -2.40. The maximum Gasteiger partial charge on any atom is 0.123 e. The maximum absolute atomic E-state index is 10.9. The predicted octanol–water partition coefficient (Wildman–Crippen LogP) is 2.81. The molecule has 0 radical (unpaired) electrons. The zero-order valence-corrected chi connectivity index (χ0v) is 8.28. The standard InChI is InChI=1S/C12H18O/c1-9-4-2-5-10-6-3-7-11(8-13)12(9)10/h3,6,8-12H,2,4-5,7H2,1H3/t9-,10+,11-,12+/m0/s1. The van der Waals surface area contributed by atoms with Gasteiger partial charge in [0.05, 0.1) is 0 Å². The Bertz CT molecular complexity index is 219. The van der Waals surface area contributed by atoms with E-state index < -0.39 is 0 Å². The van der Waals surface area contributed by atoms with Crippen LogP contribution in [0.4, 0.5) is 0 Å². The van der Waals surface area contributed by atoms with Crippen molar-refractivity contribution in [2.75, 3.05) is 0 Å². The van der Waals surface area contributed by atoms with Crippen LogP contribution in [0.15, 0.2) is 12.2 Å². The van der Waals surface area contributed by atoms with Crippen LogP contribution in [0, 0.1) is 23.7 Å². The second-order valence-electron chi connectivity index (χ2n) is 4.61. The van der Waals surface area contributed by atoms with E-state index in [1.807, 2.05) is 0 Å². The molecule has 0 bridgehead atoms. The van der Waals surface area contributed by atoms with Crippen LogP contribution in [0.25, 0.3) is 0 Å². The molecule has 13 heavy (non-hydrogen) atoms. The van der Waals surface area contributed by atoms with Gasteiger partial charge in [0, 0.05) is 5.92 Å². The van der Waals surface area contributed by atoms with Gasteiger partial charge in [-0.1, -0.05) is 31.9 Å². The third-order valence-corrected chi connectivity index (χ3v) is 3.81. The van der Waals surface area contributed by atoms with Gasteiger partial charge in [-0.25, -0.2) is 0 Å². The Morgan fingerprint density at radius 3 is 3.00 bits per heavy atom. The molecular weight excluding hydrogens is 160 g/mol. The van der Waals surface area contributed by atoms with E-state index in [9.17, 15) is 4.79 Å². The normalized spacial score (nSPS) is 44.1. The molecule has 0 N–H and O–H groups in total. The molecule has 0 aliphatic heterocycles. The van der Waals surface area contributed by atoms with Gasteiger partial charge in [0.2, 0.25) is 0 Å². The zero-order chi connectivity index (χ0) is 9.26. The fourth-order valence-corrected chi connectivity index (χ4v) is 3.16. The van der Waals surface area contributed by atoms with Crippen molar-refractivity contribution in [3.05, 3.63) is 12.2 Å². The minimum Gasteiger partial charge on any atom is -0.303 e. The van der Waals surface area contributed by atoms with Crippen LogP contribution in [-0.4, -0.2) is 6.29 Å². The highest BCUT2D eigenvalue weighted by atomic mass is 16.1. The Morgan fingerprint density at radius 2 is 2.23 bits per heavy atom. The molecule has 2 aliphatic rings. The number of allylic oxidation sites excluding steroid dienone is 2. The van der Waals surface area contributed by atoms with Gasteiger partial charge in [-0.15, -0.1) is 0 Å². The topological polar surface area (TPSA) is 17.1 Å². The van der Waals surface area contributed by atoms with E-state index in [4.69, 9.17) is 0 Å². The number of rotatable bonds is 1. The van der Waals surface area contributed by atoms with Gasteiger partial charge in [0.15, 0.2) is 0 Å². The first-order valence-electron chi connectivity index (χ1n) is 5.45. The molecule has 2 rings (SSSR count). The Balaban J connectivity index is 2.18. The van der Waals surface area contributed by atoms with Crippen molar-refractivity contribution in [3.63, 3.8) is 0 Å². The maximum atomic E-state index is 10.9. The highest BCUT2D eigenvalue weighted by molar-refractivity contribution is 5.55. The minimum absolute atomic E-state index is 0.310. The average Bonchev–Trinajstić information content (AvgIpc) is 2.17. The summed E-state index contributed by atoms with van der Waals surface area (Å²) in [4.78, 5) is 10.9. The van der Waals surface area contributed by atoms with Crippen LogP contribution in [0.2, 0.25) is 0 Å². The number of carbonyl (C=O) groups excluding carboxylic acids is 1.